The molecule has 2 aromatic carbocycles. The fraction of sp³-hybridized carbons (Fsp3) is 0.269. The van der Waals surface area contributed by atoms with Crippen LogP contribution in [-0.2, 0) is 16.0 Å². The second-order valence-electron chi connectivity index (χ2n) is 8.45. The van der Waals surface area contributed by atoms with Gasteiger partial charge in [-0.05, 0) is 41.7 Å². The molecular formula is C26H28N4O4. The number of aliphatic hydroxyl groups is 1. The molecule has 34 heavy (non-hydrogen) atoms. The number of amides is 1. The molecule has 4 rings (SSSR count). The van der Waals surface area contributed by atoms with Crippen LogP contribution in [0.4, 0.5) is 0 Å². The Balaban J connectivity index is 1.41. The predicted octanol–water partition coefficient (Wildman–Crippen LogP) is 2.22. The summed E-state index contributed by atoms with van der Waals surface area (Å²) in [6.07, 6.45) is 0.949. The summed E-state index contributed by atoms with van der Waals surface area (Å²) >= 11 is 0. The number of nitrogens with one attached hydrogen (secondary N) is 3. The first kappa shape index (κ1) is 23.6. The van der Waals surface area contributed by atoms with Crippen LogP contribution in [-0.4, -0.2) is 45.3 Å². The van der Waals surface area contributed by atoms with Gasteiger partial charge in [-0.15, -0.1) is 0 Å². The summed E-state index contributed by atoms with van der Waals surface area (Å²) in [4.78, 5) is 28.5. The molecule has 0 saturated carbocycles. The number of rotatable bonds is 9. The van der Waals surface area contributed by atoms with Crippen molar-refractivity contribution in [3.05, 3.63) is 90.3 Å². The van der Waals surface area contributed by atoms with Gasteiger partial charge in [0.2, 0.25) is 5.91 Å². The first-order valence-electron chi connectivity index (χ1n) is 11.3. The molecule has 1 aliphatic rings. The van der Waals surface area contributed by atoms with Gasteiger partial charge in [0, 0.05) is 18.7 Å². The smallest absolute Gasteiger partial charge is 0.332 e. The van der Waals surface area contributed by atoms with E-state index in [2.05, 4.69) is 21.2 Å². The summed E-state index contributed by atoms with van der Waals surface area (Å²) in [5.41, 5.74) is 10.0. The molecule has 0 aliphatic carbocycles. The SMILES string of the molecule is O=C(N[C@H](Cc1ccc(-c2ccccc2)cc1)C[C@@H](O)C(=O)O)C1CC(c2ccccn2)NN1. The van der Waals surface area contributed by atoms with Gasteiger partial charge in [-0.1, -0.05) is 60.7 Å². The van der Waals surface area contributed by atoms with Crippen LogP contribution in [0.3, 0.4) is 0 Å². The number of carbonyl (C=O) groups is 2. The highest BCUT2D eigenvalue weighted by atomic mass is 16.4. The highest BCUT2D eigenvalue weighted by molar-refractivity contribution is 5.82. The van der Waals surface area contributed by atoms with Gasteiger partial charge in [-0.3, -0.25) is 9.78 Å². The van der Waals surface area contributed by atoms with E-state index in [9.17, 15) is 19.8 Å². The summed E-state index contributed by atoms with van der Waals surface area (Å²) in [5, 5.41) is 22.0. The average molecular weight is 461 g/mol. The molecule has 0 spiro atoms. The van der Waals surface area contributed by atoms with Gasteiger partial charge in [0.15, 0.2) is 6.10 Å². The number of pyridine rings is 1. The maximum atomic E-state index is 13.0. The Morgan fingerprint density at radius 1 is 0.971 bits per heavy atom. The fourth-order valence-electron chi connectivity index (χ4n) is 4.12. The number of aromatic nitrogens is 1. The first-order chi connectivity index (χ1) is 16.5. The van der Waals surface area contributed by atoms with E-state index in [1.54, 1.807) is 6.20 Å². The molecule has 8 heteroatoms. The van der Waals surface area contributed by atoms with E-state index in [0.29, 0.717) is 12.8 Å². The molecule has 3 aromatic rings. The molecule has 0 radical (unpaired) electrons. The molecule has 5 N–H and O–H groups in total. The average Bonchev–Trinajstić information content (AvgIpc) is 3.36. The maximum absolute atomic E-state index is 13.0. The summed E-state index contributed by atoms with van der Waals surface area (Å²) < 4.78 is 0. The Morgan fingerprint density at radius 3 is 2.35 bits per heavy atom. The zero-order valence-corrected chi connectivity index (χ0v) is 18.6. The van der Waals surface area contributed by atoms with Gasteiger partial charge in [-0.2, -0.15) is 0 Å². The Hall–Kier alpha value is -3.59. The van der Waals surface area contributed by atoms with Gasteiger partial charge in [0.25, 0.3) is 0 Å². The van der Waals surface area contributed by atoms with Crippen LogP contribution in [0.15, 0.2) is 79.0 Å². The minimum Gasteiger partial charge on any atom is -0.479 e. The summed E-state index contributed by atoms with van der Waals surface area (Å²) in [6, 6.07) is 22.4. The first-order valence-corrected chi connectivity index (χ1v) is 11.3. The minimum atomic E-state index is -1.56. The van der Waals surface area contributed by atoms with E-state index in [4.69, 9.17) is 0 Å². The minimum absolute atomic E-state index is 0.0919. The number of hydrogen-bond acceptors (Lipinski definition) is 6. The van der Waals surface area contributed by atoms with Crippen molar-refractivity contribution in [1.82, 2.24) is 21.2 Å². The van der Waals surface area contributed by atoms with Gasteiger partial charge >= 0.3 is 5.97 Å². The van der Waals surface area contributed by atoms with Crippen molar-refractivity contribution < 1.29 is 19.8 Å². The lowest BCUT2D eigenvalue weighted by Gasteiger charge is -2.22. The molecule has 1 aliphatic heterocycles. The molecule has 2 heterocycles. The molecule has 4 atom stereocenters. The van der Waals surface area contributed by atoms with E-state index in [0.717, 1.165) is 22.4 Å². The zero-order chi connectivity index (χ0) is 23.9. The monoisotopic (exact) mass is 460 g/mol. The number of aliphatic hydroxyl groups excluding tert-OH is 1. The van der Waals surface area contributed by atoms with Crippen LogP contribution in [0.2, 0.25) is 0 Å². The van der Waals surface area contributed by atoms with Crippen molar-refractivity contribution in [2.45, 2.75) is 43.5 Å². The topological polar surface area (TPSA) is 124 Å². The van der Waals surface area contributed by atoms with E-state index >= 15 is 0 Å². The van der Waals surface area contributed by atoms with Crippen LogP contribution in [0.1, 0.15) is 30.1 Å². The van der Waals surface area contributed by atoms with E-state index in [1.165, 1.54) is 0 Å². The van der Waals surface area contributed by atoms with Gasteiger partial charge in [0.05, 0.1) is 11.7 Å². The third kappa shape index (κ3) is 6.05. The Morgan fingerprint density at radius 2 is 1.68 bits per heavy atom. The van der Waals surface area contributed by atoms with Crippen LogP contribution in [0, 0.1) is 0 Å². The number of nitrogens with zero attached hydrogens (tertiary/aromatic N) is 1. The predicted molar refractivity (Wildman–Crippen MR) is 127 cm³/mol. The van der Waals surface area contributed by atoms with E-state index < -0.39 is 24.2 Å². The molecule has 2 unspecified atom stereocenters. The van der Waals surface area contributed by atoms with Crippen molar-refractivity contribution in [3.8, 4) is 11.1 Å². The highest BCUT2D eigenvalue weighted by Crippen LogP contribution is 2.22. The van der Waals surface area contributed by atoms with Crippen molar-refractivity contribution >= 4 is 11.9 Å². The number of carboxylic acid groups (broad SMARTS) is 1. The molecule has 0 bridgehead atoms. The fourth-order valence-corrected chi connectivity index (χ4v) is 4.12. The van der Waals surface area contributed by atoms with E-state index in [-0.39, 0.29) is 18.4 Å². The summed E-state index contributed by atoms with van der Waals surface area (Å²) in [7, 11) is 0. The van der Waals surface area contributed by atoms with Crippen LogP contribution in [0.25, 0.3) is 11.1 Å². The number of hydrazine groups is 1. The molecule has 1 amide bonds. The third-order valence-corrected chi connectivity index (χ3v) is 5.95. The summed E-state index contributed by atoms with van der Waals surface area (Å²) in [6.45, 7) is 0. The second kappa shape index (κ2) is 11.0. The van der Waals surface area contributed by atoms with Crippen molar-refractivity contribution in [2.24, 2.45) is 0 Å². The molecule has 1 aromatic heterocycles. The van der Waals surface area contributed by atoms with Gasteiger partial charge in [0.1, 0.15) is 6.04 Å². The maximum Gasteiger partial charge on any atom is 0.332 e. The lowest BCUT2D eigenvalue weighted by Crippen LogP contribution is -2.48. The van der Waals surface area contributed by atoms with Crippen LogP contribution in [0.5, 0.6) is 0 Å². The van der Waals surface area contributed by atoms with Crippen molar-refractivity contribution in [1.29, 1.82) is 0 Å². The second-order valence-corrected chi connectivity index (χ2v) is 8.45. The molecular weight excluding hydrogens is 432 g/mol. The van der Waals surface area contributed by atoms with Crippen LogP contribution >= 0.6 is 0 Å². The molecule has 1 fully saturated rings. The Kier molecular flexibility index (Phi) is 7.64. The zero-order valence-electron chi connectivity index (χ0n) is 18.6. The summed E-state index contributed by atoms with van der Waals surface area (Å²) in [5.74, 6) is -1.57. The lowest BCUT2D eigenvalue weighted by molar-refractivity contribution is -0.147. The third-order valence-electron chi connectivity index (χ3n) is 5.95. The lowest BCUT2D eigenvalue weighted by atomic mass is 9.97. The van der Waals surface area contributed by atoms with Gasteiger partial charge in [-0.25, -0.2) is 15.6 Å². The van der Waals surface area contributed by atoms with Gasteiger partial charge < -0.3 is 15.5 Å². The molecule has 176 valence electrons. The molecule has 8 nitrogen and oxygen atoms in total. The van der Waals surface area contributed by atoms with E-state index in [1.807, 2.05) is 72.8 Å². The molecule has 1 saturated heterocycles. The largest absolute Gasteiger partial charge is 0.479 e. The number of hydrogen-bond donors (Lipinski definition) is 5. The Bertz CT molecular complexity index is 1090. The quantitative estimate of drug-likeness (QED) is 0.332. The van der Waals surface area contributed by atoms with Crippen molar-refractivity contribution in [2.75, 3.05) is 0 Å². The standard InChI is InChI=1S/C26H28N4O4/c31-24(26(33)34)15-20(14-17-9-11-19(12-10-17)18-6-2-1-3-7-18)28-25(32)23-16-22(29-30-23)21-8-4-5-13-27-21/h1-13,20,22-24,29-31H,14-16H2,(H,28,32)(H,33,34)/t20-,22?,23?,24-/m1/s1. The number of aliphatic carboxylic acids is 1. The number of benzene rings is 2. The highest BCUT2D eigenvalue weighted by Gasteiger charge is 2.32. The number of carbonyl (C=O) groups excluding carboxylic acids is 1. The number of carboxylic acids is 1. The van der Waals surface area contributed by atoms with Crippen molar-refractivity contribution in [3.63, 3.8) is 0 Å². The normalized spacial score (nSPS) is 19.3. The van der Waals surface area contributed by atoms with Crippen LogP contribution < -0.4 is 16.2 Å². The Labute approximate surface area is 198 Å².